The molecule has 1 spiro atoms. The minimum Gasteiger partial charge on any atom is -0.449 e. The van der Waals surface area contributed by atoms with Gasteiger partial charge in [0.25, 0.3) is 0 Å². The maximum Gasteiger partial charge on any atom is 0.172 e. The lowest BCUT2D eigenvalue weighted by atomic mass is 9.65. The number of anilines is 3. The third-order valence-electron chi connectivity index (χ3n) is 12.2. The van der Waals surface area contributed by atoms with Gasteiger partial charge in [0.1, 0.15) is 0 Å². The van der Waals surface area contributed by atoms with Crippen LogP contribution in [0.5, 0.6) is 23.0 Å². The molecular weight excluding hydrogens is 695 g/mol. The van der Waals surface area contributed by atoms with Gasteiger partial charge in [-0.3, -0.25) is 0 Å². The van der Waals surface area contributed by atoms with E-state index < -0.39 is 0 Å². The summed E-state index contributed by atoms with van der Waals surface area (Å²) < 4.78 is 13.7. The highest BCUT2D eigenvalue weighted by molar-refractivity contribution is 5.90. The first kappa shape index (κ1) is 33.3. The molecule has 2 unspecified atom stereocenters. The number of ether oxygens (including phenoxy) is 2. The van der Waals surface area contributed by atoms with E-state index in [9.17, 15) is 0 Å². The number of rotatable bonds is 6. The summed E-state index contributed by atoms with van der Waals surface area (Å²) in [6.07, 6.45) is 13.3. The van der Waals surface area contributed by atoms with Crippen molar-refractivity contribution in [2.45, 2.75) is 18.3 Å². The Morgan fingerprint density at radius 2 is 1.25 bits per heavy atom. The molecule has 0 fully saturated rings. The van der Waals surface area contributed by atoms with Crippen LogP contribution in [0.2, 0.25) is 0 Å². The Morgan fingerprint density at radius 1 is 0.579 bits per heavy atom. The molecule has 0 amide bonds. The summed E-state index contributed by atoms with van der Waals surface area (Å²) in [5, 5.41) is 0. The van der Waals surface area contributed by atoms with E-state index in [1.807, 2.05) is 25.1 Å². The zero-order valence-corrected chi connectivity index (χ0v) is 31.6. The van der Waals surface area contributed by atoms with Gasteiger partial charge in [-0.15, -0.1) is 0 Å². The van der Waals surface area contributed by atoms with Crippen LogP contribution in [0.4, 0.5) is 17.1 Å². The average Bonchev–Trinajstić information content (AvgIpc) is 3.72. The average molecular weight is 734 g/mol. The van der Waals surface area contributed by atoms with Crippen molar-refractivity contribution in [3.63, 3.8) is 0 Å². The molecule has 3 atom stereocenters. The predicted octanol–water partition coefficient (Wildman–Crippen LogP) is 14.5. The molecule has 7 aromatic carbocycles. The Hall–Kier alpha value is -7.10. The van der Waals surface area contributed by atoms with Crippen LogP contribution in [0.1, 0.15) is 40.7 Å². The van der Waals surface area contributed by atoms with Crippen LogP contribution in [0.15, 0.2) is 201 Å². The molecule has 272 valence electrons. The smallest absolute Gasteiger partial charge is 0.172 e. The van der Waals surface area contributed by atoms with Crippen molar-refractivity contribution in [1.29, 1.82) is 0 Å². The molecule has 4 aliphatic rings. The van der Waals surface area contributed by atoms with Gasteiger partial charge < -0.3 is 14.4 Å². The van der Waals surface area contributed by atoms with E-state index in [2.05, 4.69) is 187 Å². The lowest BCUT2D eigenvalue weighted by Gasteiger charge is -2.36. The molecule has 57 heavy (non-hydrogen) atoms. The van der Waals surface area contributed by atoms with Gasteiger partial charge in [0.2, 0.25) is 0 Å². The van der Waals surface area contributed by atoms with Crippen molar-refractivity contribution < 1.29 is 9.47 Å². The highest BCUT2D eigenvalue weighted by atomic mass is 16.6. The fraction of sp³-hybridized carbons (Fsp3) is 0.0741. The first-order chi connectivity index (χ1) is 28.1. The van der Waals surface area contributed by atoms with Gasteiger partial charge in [0.05, 0.1) is 16.8 Å². The van der Waals surface area contributed by atoms with Gasteiger partial charge in [0.15, 0.2) is 23.0 Å². The fourth-order valence-corrected chi connectivity index (χ4v) is 9.89. The summed E-state index contributed by atoms with van der Waals surface area (Å²) in [4.78, 5) is 2.30. The second-order valence-electron chi connectivity index (χ2n) is 15.2. The summed E-state index contributed by atoms with van der Waals surface area (Å²) in [5.41, 5.74) is 14.8. The zero-order valence-electron chi connectivity index (χ0n) is 31.6. The van der Waals surface area contributed by atoms with E-state index in [0.717, 1.165) is 50.8 Å². The van der Waals surface area contributed by atoms with Gasteiger partial charge in [-0.2, -0.15) is 0 Å². The molecule has 3 nitrogen and oxygen atoms in total. The van der Waals surface area contributed by atoms with Gasteiger partial charge in [-0.1, -0.05) is 152 Å². The van der Waals surface area contributed by atoms with E-state index in [-0.39, 0.29) is 11.3 Å². The fourth-order valence-electron chi connectivity index (χ4n) is 9.89. The molecule has 0 saturated carbocycles. The van der Waals surface area contributed by atoms with Gasteiger partial charge in [-0.25, -0.2) is 0 Å². The summed E-state index contributed by atoms with van der Waals surface area (Å²) in [7, 11) is 0. The van der Waals surface area contributed by atoms with E-state index in [0.29, 0.717) is 17.4 Å². The molecule has 0 saturated heterocycles. The molecule has 0 aromatic heterocycles. The summed E-state index contributed by atoms with van der Waals surface area (Å²) in [6.45, 7) is 6.29. The van der Waals surface area contributed by atoms with Crippen LogP contribution in [0.25, 0.3) is 27.8 Å². The van der Waals surface area contributed by atoms with Crippen LogP contribution in [-0.4, -0.2) is 0 Å². The second kappa shape index (κ2) is 13.0. The van der Waals surface area contributed by atoms with Gasteiger partial charge in [-0.05, 0) is 99.5 Å². The van der Waals surface area contributed by atoms with Crippen LogP contribution in [0.3, 0.4) is 0 Å². The van der Waals surface area contributed by atoms with Crippen LogP contribution < -0.4 is 14.4 Å². The SMILES string of the molecule is C=C(/C=C\C)c1ccc(N(c2ccc3c(c2)Oc2cc4c(cc2O3)-c2ccccc2C42c3ccccc3C3C=CC=C[C@H]32)c2ccccc2-c2ccccc2)cc1. The lowest BCUT2D eigenvalue weighted by Crippen LogP contribution is -2.33. The number of hydrogen-bond donors (Lipinski definition) is 0. The zero-order chi connectivity index (χ0) is 38.1. The van der Waals surface area contributed by atoms with Crippen molar-refractivity contribution in [2.24, 2.45) is 5.92 Å². The molecular formula is C54H39NO2. The van der Waals surface area contributed by atoms with Crippen LogP contribution in [0, 0.1) is 5.92 Å². The third-order valence-corrected chi connectivity index (χ3v) is 12.2. The van der Waals surface area contributed by atoms with Crippen LogP contribution >= 0.6 is 0 Å². The topological polar surface area (TPSA) is 21.7 Å². The first-order valence-corrected chi connectivity index (χ1v) is 19.7. The lowest BCUT2D eigenvalue weighted by molar-refractivity contribution is 0.358. The Bertz CT molecular complexity index is 2850. The highest BCUT2D eigenvalue weighted by Gasteiger charge is 2.57. The molecule has 1 heterocycles. The molecule has 7 aromatic rings. The Morgan fingerprint density at radius 3 is 2.09 bits per heavy atom. The maximum absolute atomic E-state index is 6.98. The van der Waals surface area contributed by atoms with E-state index in [4.69, 9.17) is 9.47 Å². The maximum atomic E-state index is 6.98. The normalized spacial score (nSPS) is 18.8. The minimum atomic E-state index is -0.350. The predicted molar refractivity (Wildman–Crippen MR) is 233 cm³/mol. The number of fused-ring (bicyclic) bond motifs is 12. The molecule has 0 radical (unpaired) electrons. The van der Waals surface area contributed by atoms with E-state index in [1.165, 1.54) is 33.4 Å². The number of hydrogen-bond acceptors (Lipinski definition) is 3. The quantitative estimate of drug-likeness (QED) is 0.159. The van der Waals surface area contributed by atoms with Gasteiger partial charge >= 0.3 is 0 Å². The number of para-hydroxylation sites is 1. The molecule has 0 N–H and O–H groups in total. The summed E-state index contributed by atoms with van der Waals surface area (Å²) in [5.74, 6) is 3.35. The minimum absolute atomic E-state index is 0.239. The van der Waals surface area contributed by atoms with E-state index in [1.54, 1.807) is 0 Å². The van der Waals surface area contributed by atoms with Crippen molar-refractivity contribution in [2.75, 3.05) is 4.90 Å². The summed E-state index contributed by atoms with van der Waals surface area (Å²) in [6, 6.07) is 56.4. The monoisotopic (exact) mass is 733 g/mol. The van der Waals surface area contributed by atoms with Crippen molar-refractivity contribution in [3.05, 3.63) is 229 Å². The highest BCUT2D eigenvalue weighted by Crippen LogP contribution is 2.66. The largest absolute Gasteiger partial charge is 0.449 e. The Labute approximate surface area is 333 Å². The standard InChI is InChI=1S/C54H39NO2/c1-3-15-35(2)36-26-28-38(29-27-36)55(49-25-14-10-18-40(49)37-16-5-4-6-17-37)39-30-31-50-51(32-39)57-53-34-48-44(33-52(53)56-50)43-21-9-13-24-47(43)54(48)45-22-11-7-19-41(45)42-20-8-12-23-46(42)54/h3-34,41,45H,2H2,1H3/b15-3-/t41?,45-,54?/m1/s1. The van der Waals surface area contributed by atoms with Crippen molar-refractivity contribution in [3.8, 4) is 45.3 Å². The second-order valence-corrected chi connectivity index (χ2v) is 15.2. The molecule has 1 aliphatic heterocycles. The molecule has 3 aliphatic carbocycles. The van der Waals surface area contributed by atoms with Crippen molar-refractivity contribution >= 4 is 22.6 Å². The van der Waals surface area contributed by atoms with Gasteiger partial charge in [0, 0.05) is 29.2 Å². The Balaban J connectivity index is 1.05. The number of nitrogens with zero attached hydrogens (tertiary/aromatic N) is 1. The number of allylic oxidation sites excluding steroid dienone is 7. The Kier molecular flexibility index (Phi) is 7.58. The van der Waals surface area contributed by atoms with E-state index >= 15 is 0 Å². The summed E-state index contributed by atoms with van der Waals surface area (Å²) >= 11 is 0. The molecule has 11 rings (SSSR count). The van der Waals surface area contributed by atoms with Crippen molar-refractivity contribution in [1.82, 2.24) is 0 Å². The number of benzene rings is 7. The third kappa shape index (κ3) is 4.98. The van der Waals surface area contributed by atoms with Crippen LogP contribution in [-0.2, 0) is 5.41 Å². The molecule has 0 bridgehead atoms. The first-order valence-electron chi connectivity index (χ1n) is 19.7. The molecule has 3 heteroatoms.